The number of allylic oxidation sites excluding steroid dienone is 1. The van der Waals surface area contributed by atoms with Gasteiger partial charge in [0.05, 0.1) is 11.2 Å². The molecule has 25 heavy (non-hydrogen) atoms. The number of aromatic hydroxyl groups is 2. The normalized spacial score (nSPS) is 40.4. The van der Waals surface area contributed by atoms with Crippen molar-refractivity contribution in [3.05, 3.63) is 28.3 Å². The van der Waals surface area contributed by atoms with Crippen LogP contribution in [0.25, 0.3) is 0 Å². The lowest BCUT2D eigenvalue weighted by molar-refractivity contribution is 0.103. The Morgan fingerprint density at radius 2 is 1.88 bits per heavy atom. The van der Waals surface area contributed by atoms with E-state index in [9.17, 15) is 15.0 Å². The predicted molar refractivity (Wildman–Crippen MR) is 90.5 cm³/mol. The maximum absolute atomic E-state index is 12.9. The van der Waals surface area contributed by atoms with Gasteiger partial charge in [0.2, 0.25) is 0 Å². The molecule has 4 atom stereocenters. The highest BCUT2D eigenvalue weighted by Crippen LogP contribution is 2.68. The third-order valence-electron chi connectivity index (χ3n) is 6.99. The first kappa shape index (κ1) is 15.3. The van der Waals surface area contributed by atoms with E-state index in [4.69, 9.17) is 9.47 Å². The van der Waals surface area contributed by atoms with Gasteiger partial charge in [0.15, 0.2) is 17.3 Å². The Balaban J connectivity index is 1.81. The number of phenolic OH excluding ortho intramolecular Hbond substituents is 2. The SMILES string of the molecule is CC1Cc2c(O)c3c(c(O)c2O1)C1(C)CCC2(C)OC2(C)C1=CC3=O. The number of ketones is 1. The fourth-order valence-electron chi connectivity index (χ4n) is 5.34. The van der Waals surface area contributed by atoms with Crippen molar-refractivity contribution in [1.82, 2.24) is 0 Å². The summed E-state index contributed by atoms with van der Waals surface area (Å²) in [5.74, 6) is 0.0261. The number of hydrogen-bond acceptors (Lipinski definition) is 5. The maximum Gasteiger partial charge on any atom is 0.190 e. The summed E-state index contributed by atoms with van der Waals surface area (Å²) in [6, 6.07) is 0. The van der Waals surface area contributed by atoms with Gasteiger partial charge < -0.3 is 19.7 Å². The van der Waals surface area contributed by atoms with Crippen molar-refractivity contribution >= 4 is 5.78 Å². The predicted octanol–water partition coefficient (Wildman–Crippen LogP) is 3.14. The Morgan fingerprint density at radius 1 is 1.16 bits per heavy atom. The van der Waals surface area contributed by atoms with Crippen molar-refractivity contribution in [2.75, 3.05) is 0 Å². The number of fused-ring (bicyclic) bond motifs is 6. The Hall–Kier alpha value is -2.01. The highest BCUT2D eigenvalue weighted by atomic mass is 16.6. The van der Waals surface area contributed by atoms with Gasteiger partial charge in [0.1, 0.15) is 17.5 Å². The molecule has 2 N–H and O–H groups in total. The van der Waals surface area contributed by atoms with Crippen molar-refractivity contribution < 1.29 is 24.5 Å². The maximum atomic E-state index is 12.9. The van der Waals surface area contributed by atoms with E-state index in [2.05, 4.69) is 6.92 Å². The average molecular weight is 342 g/mol. The van der Waals surface area contributed by atoms with E-state index in [0.29, 0.717) is 23.3 Å². The molecule has 0 aromatic heterocycles. The van der Waals surface area contributed by atoms with Crippen LogP contribution in [0.5, 0.6) is 17.2 Å². The Kier molecular flexibility index (Phi) is 2.46. The second kappa shape index (κ2) is 4.04. The number of rotatable bonds is 0. The molecule has 1 aromatic rings. The minimum atomic E-state index is -0.556. The second-order valence-corrected chi connectivity index (χ2v) is 8.51. The highest BCUT2D eigenvalue weighted by Gasteiger charge is 2.72. The van der Waals surface area contributed by atoms with E-state index in [1.165, 1.54) is 0 Å². The summed E-state index contributed by atoms with van der Waals surface area (Å²) in [6.45, 7) is 7.99. The first-order valence-electron chi connectivity index (χ1n) is 8.87. The summed E-state index contributed by atoms with van der Waals surface area (Å²) < 4.78 is 11.8. The fourth-order valence-corrected chi connectivity index (χ4v) is 5.34. The van der Waals surface area contributed by atoms with Crippen LogP contribution in [0.3, 0.4) is 0 Å². The van der Waals surface area contributed by atoms with E-state index in [1.807, 2.05) is 20.8 Å². The fraction of sp³-hybridized carbons (Fsp3) is 0.550. The largest absolute Gasteiger partial charge is 0.507 e. The molecule has 0 amide bonds. The molecule has 2 fully saturated rings. The van der Waals surface area contributed by atoms with E-state index in [1.54, 1.807) is 6.08 Å². The van der Waals surface area contributed by atoms with Gasteiger partial charge in [-0.3, -0.25) is 4.79 Å². The van der Waals surface area contributed by atoms with Gasteiger partial charge in [0, 0.05) is 23.0 Å². The molecular weight excluding hydrogens is 320 g/mol. The van der Waals surface area contributed by atoms with Gasteiger partial charge in [-0.2, -0.15) is 0 Å². The molecule has 5 rings (SSSR count). The third kappa shape index (κ3) is 1.52. The topological polar surface area (TPSA) is 79.3 Å². The van der Waals surface area contributed by atoms with Crippen LogP contribution in [0.1, 0.15) is 62.0 Å². The summed E-state index contributed by atoms with van der Waals surface area (Å²) in [5.41, 5.74) is 0.851. The molecule has 1 saturated carbocycles. The lowest BCUT2D eigenvalue weighted by Gasteiger charge is -2.43. The molecule has 0 radical (unpaired) electrons. The number of carbonyl (C=O) groups is 1. The highest BCUT2D eigenvalue weighted by molar-refractivity contribution is 6.11. The standard InChI is InChI=1S/C20H22O5/c1-9-7-10-15(22)13-11(21)8-12-18(2,14(13)16(23)17(10)24-9)5-6-19(3)20(12,4)25-19/h8-9,22-23H,5-7H2,1-4H3. The summed E-state index contributed by atoms with van der Waals surface area (Å²) in [5, 5.41) is 21.8. The van der Waals surface area contributed by atoms with E-state index < -0.39 is 11.0 Å². The van der Waals surface area contributed by atoms with Gasteiger partial charge >= 0.3 is 0 Å². The van der Waals surface area contributed by atoms with Gasteiger partial charge in [0.25, 0.3) is 0 Å². The van der Waals surface area contributed by atoms with Gasteiger partial charge in [-0.25, -0.2) is 0 Å². The van der Waals surface area contributed by atoms with Crippen LogP contribution in [0.2, 0.25) is 0 Å². The van der Waals surface area contributed by atoms with Crippen LogP contribution >= 0.6 is 0 Å². The number of phenols is 2. The molecule has 5 nitrogen and oxygen atoms in total. The van der Waals surface area contributed by atoms with Crippen molar-refractivity contribution in [3.63, 3.8) is 0 Å². The zero-order valence-corrected chi connectivity index (χ0v) is 14.9. The molecule has 4 aliphatic rings. The average Bonchev–Trinajstić information content (AvgIpc) is 2.90. The Labute approximate surface area is 146 Å². The van der Waals surface area contributed by atoms with E-state index in [-0.39, 0.29) is 34.6 Å². The van der Waals surface area contributed by atoms with Crippen LogP contribution in [-0.2, 0) is 16.6 Å². The van der Waals surface area contributed by atoms with Crippen molar-refractivity contribution in [3.8, 4) is 17.2 Å². The number of carbonyl (C=O) groups excluding carboxylic acids is 1. The number of ether oxygens (including phenoxy) is 2. The molecule has 2 heterocycles. The van der Waals surface area contributed by atoms with Crippen LogP contribution < -0.4 is 4.74 Å². The minimum Gasteiger partial charge on any atom is -0.507 e. The number of epoxide rings is 1. The lowest BCUT2D eigenvalue weighted by Crippen LogP contribution is -2.44. The van der Waals surface area contributed by atoms with Crippen molar-refractivity contribution in [2.24, 2.45) is 0 Å². The van der Waals surface area contributed by atoms with Crippen molar-refractivity contribution in [1.29, 1.82) is 0 Å². The molecule has 0 spiro atoms. The molecule has 2 aliphatic heterocycles. The molecule has 132 valence electrons. The van der Waals surface area contributed by atoms with E-state index >= 15 is 0 Å². The molecule has 2 aliphatic carbocycles. The minimum absolute atomic E-state index is 0.00135. The summed E-state index contributed by atoms with van der Waals surface area (Å²) >= 11 is 0. The summed E-state index contributed by atoms with van der Waals surface area (Å²) in [6.07, 6.45) is 3.55. The quantitative estimate of drug-likeness (QED) is 0.559. The summed E-state index contributed by atoms with van der Waals surface area (Å²) in [4.78, 5) is 12.9. The van der Waals surface area contributed by atoms with Crippen molar-refractivity contribution in [2.45, 2.75) is 69.7 Å². The van der Waals surface area contributed by atoms with Gasteiger partial charge in [-0.15, -0.1) is 0 Å². The molecule has 1 saturated heterocycles. The smallest absolute Gasteiger partial charge is 0.190 e. The molecule has 5 heteroatoms. The molecule has 0 bridgehead atoms. The monoisotopic (exact) mass is 342 g/mol. The zero-order valence-electron chi connectivity index (χ0n) is 14.9. The molecule has 1 aromatic carbocycles. The molecular formula is C20H22O5. The van der Waals surface area contributed by atoms with Crippen LogP contribution in [0.15, 0.2) is 11.6 Å². The van der Waals surface area contributed by atoms with Gasteiger partial charge in [-0.05, 0) is 45.3 Å². The lowest BCUT2D eigenvalue weighted by atomic mass is 9.57. The Morgan fingerprint density at radius 3 is 2.60 bits per heavy atom. The first-order valence-corrected chi connectivity index (χ1v) is 8.87. The second-order valence-electron chi connectivity index (χ2n) is 8.51. The van der Waals surface area contributed by atoms with E-state index in [0.717, 1.165) is 18.4 Å². The third-order valence-corrected chi connectivity index (χ3v) is 6.99. The summed E-state index contributed by atoms with van der Waals surface area (Å²) in [7, 11) is 0. The molecule has 4 unspecified atom stereocenters. The van der Waals surface area contributed by atoms with Crippen LogP contribution in [0, 0.1) is 0 Å². The number of hydrogen-bond donors (Lipinski definition) is 2. The van der Waals surface area contributed by atoms with Crippen LogP contribution in [-0.4, -0.2) is 33.3 Å². The zero-order chi connectivity index (χ0) is 17.9. The van der Waals surface area contributed by atoms with Crippen LogP contribution in [0.4, 0.5) is 0 Å². The van der Waals surface area contributed by atoms with Gasteiger partial charge in [-0.1, -0.05) is 6.92 Å². The number of benzene rings is 1. The Bertz CT molecular complexity index is 900. The first-order chi connectivity index (χ1) is 11.6.